The number of para-hydroxylation sites is 1. The molecule has 0 saturated carbocycles. The second kappa shape index (κ2) is 8.99. The number of nitrogens with zero attached hydrogens (tertiary/aromatic N) is 2. The van der Waals surface area contributed by atoms with Gasteiger partial charge in [-0.3, -0.25) is 4.79 Å². The predicted molar refractivity (Wildman–Crippen MR) is 111 cm³/mol. The van der Waals surface area contributed by atoms with Gasteiger partial charge in [0.15, 0.2) is 0 Å². The summed E-state index contributed by atoms with van der Waals surface area (Å²) in [6.45, 7) is 6.06. The highest BCUT2D eigenvalue weighted by molar-refractivity contribution is 5.94. The maximum atomic E-state index is 12.7. The molecule has 0 aliphatic carbocycles. The fourth-order valence-electron chi connectivity index (χ4n) is 4.34. The topological polar surface area (TPSA) is 60.9 Å². The number of carbonyl (C=O) groups excluding carboxylic acids is 1. The summed E-state index contributed by atoms with van der Waals surface area (Å²) in [6, 6.07) is 18.5. The molecule has 31 heavy (non-hydrogen) atoms. The fraction of sp³-hybridized carbons (Fsp3) is 0.391. The maximum absolute atomic E-state index is 12.7. The molecule has 0 atom stereocenters. The zero-order chi connectivity index (χ0) is 22.6. The zero-order valence-corrected chi connectivity index (χ0v) is 17.2. The maximum Gasteiger partial charge on any atom is 0.490 e. The average Bonchev–Trinajstić information content (AvgIpc) is 3.08. The van der Waals surface area contributed by atoms with Gasteiger partial charge in [0.2, 0.25) is 0 Å². The number of rotatable bonds is 2. The first-order valence-electron chi connectivity index (χ1n) is 10.2. The van der Waals surface area contributed by atoms with Crippen LogP contribution in [0.2, 0.25) is 0 Å². The highest BCUT2D eigenvalue weighted by Gasteiger charge is 2.44. The van der Waals surface area contributed by atoms with Crippen LogP contribution < -0.4 is 4.90 Å². The Morgan fingerprint density at radius 1 is 1.00 bits per heavy atom. The minimum atomic E-state index is -5.08. The van der Waals surface area contributed by atoms with Gasteiger partial charge < -0.3 is 14.9 Å². The molecule has 1 amide bonds. The van der Waals surface area contributed by atoms with E-state index in [9.17, 15) is 18.0 Å². The molecule has 5 nitrogen and oxygen atoms in total. The number of carbonyl (C=O) groups is 2. The monoisotopic (exact) mass is 434 g/mol. The van der Waals surface area contributed by atoms with Gasteiger partial charge in [0, 0.05) is 42.8 Å². The molecular formula is C23H25F3N2O3. The van der Waals surface area contributed by atoms with E-state index < -0.39 is 12.1 Å². The Morgan fingerprint density at radius 3 is 2.10 bits per heavy atom. The Bertz CT molecular complexity index is 923. The molecule has 1 N–H and O–H groups in total. The summed E-state index contributed by atoms with van der Waals surface area (Å²) in [5.41, 5.74) is 3.90. The van der Waals surface area contributed by atoms with Crippen LogP contribution in [0.1, 0.15) is 35.7 Å². The van der Waals surface area contributed by atoms with Crippen LogP contribution in [0.5, 0.6) is 0 Å². The molecule has 4 rings (SSSR count). The smallest absolute Gasteiger partial charge is 0.475 e. The minimum Gasteiger partial charge on any atom is -0.475 e. The van der Waals surface area contributed by atoms with Crippen LogP contribution in [0.3, 0.4) is 0 Å². The predicted octanol–water partition coefficient (Wildman–Crippen LogP) is 4.33. The highest BCUT2D eigenvalue weighted by Crippen LogP contribution is 2.46. The number of benzene rings is 2. The van der Waals surface area contributed by atoms with Crippen molar-refractivity contribution in [3.05, 3.63) is 65.7 Å². The lowest BCUT2D eigenvalue weighted by molar-refractivity contribution is -0.192. The Kier molecular flexibility index (Phi) is 6.57. The third-order valence-electron chi connectivity index (χ3n) is 5.96. The summed E-state index contributed by atoms with van der Waals surface area (Å²) >= 11 is 0. The van der Waals surface area contributed by atoms with Gasteiger partial charge in [-0.25, -0.2) is 4.79 Å². The lowest BCUT2D eigenvalue weighted by Gasteiger charge is -2.40. The minimum absolute atomic E-state index is 0.170. The van der Waals surface area contributed by atoms with Crippen molar-refractivity contribution in [2.45, 2.75) is 31.4 Å². The molecule has 0 bridgehead atoms. The van der Waals surface area contributed by atoms with Crippen LogP contribution in [0.4, 0.5) is 18.9 Å². The first-order chi connectivity index (χ1) is 14.7. The van der Waals surface area contributed by atoms with Gasteiger partial charge >= 0.3 is 12.1 Å². The molecule has 1 spiro atoms. The molecule has 1 saturated heterocycles. The molecule has 0 unspecified atom stereocenters. The number of likely N-dealkylation sites (N-methyl/N-ethyl adjacent to an activating group) is 1. The quantitative estimate of drug-likeness (QED) is 0.764. The van der Waals surface area contributed by atoms with E-state index in [2.05, 4.69) is 36.1 Å². The SMILES string of the molecule is CCN1CC2(CCN(C(=O)c3ccccc3)CC2)c2ccccc21.O=C(O)C(F)(F)F. The summed E-state index contributed by atoms with van der Waals surface area (Å²) < 4.78 is 31.7. The van der Waals surface area contributed by atoms with Gasteiger partial charge in [-0.1, -0.05) is 36.4 Å². The molecule has 2 aliphatic rings. The van der Waals surface area contributed by atoms with E-state index in [0.29, 0.717) is 0 Å². The number of aliphatic carboxylic acids is 1. The lowest BCUT2D eigenvalue weighted by Crippen LogP contribution is -2.47. The first-order valence-corrected chi connectivity index (χ1v) is 10.2. The summed E-state index contributed by atoms with van der Waals surface area (Å²) in [6.07, 6.45) is -2.97. The van der Waals surface area contributed by atoms with E-state index in [4.69, 9.17) is 9.90 Å². The normalized spacial score (nSPS) is 17.0. The van der Waals surface area contributed by atoms with Crippen molar-refractivity contribution >= 4 is 17.6 Å². The van der Waals surface area contributed by atoms with E-state index >= 15 is 0 Å². The summed E-state index contributed by atoms with van der Waals surface area (Å²) in [5, 5.41) is 7.12. The van der Waals surface area contributed by atoms with Crippen molar-refractivity contribution in [1.29, 1.82) is 0 Å². The van der Waals surface area contributed by atoms with Crippen LogP contribution in [0, 0.1) is 0 Å². The van der Waals surface area contributed by atoms with E-state index in [1.807, 2.05) is 35.2 Å². The number of fused-ring (bicyclic) bond motifs is 2. The number of carboxylic acid groups (broad SMARTS) is 1. The number of alkyl halides is 3. The molecule has 2 aromatic carbocycles. The molecule has 2 aliphatic heterocycles. The Hall–Kier alpha value is -3.03. The zero-order valence-electron chi connectivity index (χ0n) is 17.2. The molecule has 0 radical (unpaired) electrons. The van der Waals surface area contributed by atoms with Crippen LogP contribution >= 0.6 is 0 Å². The lowest BCUT2D eigenvalue weighted by atomic mass is 9.74. The molecule has 166 valence electrons. The number of carboxylic acids is 1. The van der Waals surface area contributed by atoms with Gasteiger partial charge in [0.1, 0.15) is 0 Å². The summed E-state index contributed by atoms with van der Waals surface area (Å²) in [4.78, 5) is 26.1. The van der Waals surface area contributed by atoms with Crippen LogP contribution in [0.15, 0.2) is 54.6 Å². The van der Waals surface area contributed by atoms with Crippen molar-refractivity contribution in [2.24, 2.45) is 0 Å². The largest absolute Gasteiger partial charge is 0.490 e. The van der Waals surface area contributed by atoms with Crippen molar-refractivity contribution in [1.82, 2.24) is 4.90 Å². The third kappa shape index (κ3) is 4.84. The Balaban J connectivity index is 0.000000339. The molecule has 8 heteroatoms. The van der Waals surface area contributed by atoms with E-state index in [1.54, 1.807) is 0 Å². The van der Waals surface area contributed by atoms with E-state index in [1.165, 1.54) is 11.3 Å². The number of hydrogen-bond acceptors (Lipinski definition) is 3. The highest BCUT2D eigenvalue weighted by atomic mass is 19.4. The van der Waals surface area contributed by atoms with E-state index in [0.717, 1.165) is 44.6 Å². The second-order valence-electron chi connectivity index (χ2n) is 7.77. The number of hydrogen-bond donors (Lipinski definition) is 1. The van der Waals surface area contributed by atoms with Crippen molar-refractivity contribution in [2.75, 3.05) is 31.1 Å². The molecule has 2 aromatic rings. The molecular weight excluding hydrogens is 409 g/mol. The van der Waals surface area contributed by atoms with Crippen LogP contribution in [-0.2, 0) is 10.2 Å². The van der Waals surface area contributed by atoms with Gasteiger partial charge in [-0.15, -0.1) is 0 Å². The Morgan fingerprint density at radius 2 is 1.55 bits per heavy atom. The van der Waals surface area contributed by atoms with Crippen LogP contribution in [-0.4, -0.2) is 54.2 Å². The molecule has 2 heterocycles. The number of halogens is 3. The van der Waals surface area contributed by atoms with Gasteiger partial charge in [0.25, 0.3) is 5.91 Å². The second-order valence-corrected chi connectivity index (χ2v) is 7.77. The average molecular weight is 434 g/mol. The summed E-state index contributed by atoms with van der Waals surface area (Å²) in [7, 11) is 0. The number of likely N-dealkylation sites (tertiary alicyclic amines) is 1. The third-order valence-corrected chi connectivity index (χ3v) is 5.96. The van der Waals surface area contributed by atoms with Gasteiger partial charge in [0.05, 0.1) is 0 Å². The van der Waals surface area contributed by atoms with E-state index in [-0.39, 0.29) is 11.3 Å². The van der Waals surface area contributed by atoms with Crippen molar-refractivity contribution in [3.63, 3.8) is 0 Å². The first kappa shape index (κ1) is 22.7. The van der Waals surface area contributed by atoms with Gasteiger partial charge in [-0.2, -0.15) is 13.2 Å². The van der Waals surface area contributed by atoms with Crippen molar-refractivity contribution in [3.8, 4) is 0 Å². The summed E-state index contributed by atoms with van der Waals surface area (Å²) in [5.74, 6) is -2.59. The molecule has 1 fully saturated rings. The number of amides is 1. The number of piperidine rings is 1. The standard InChI is InChI=1S/C21H24N2O.C2HF3O2/c1-2-22-16-21(18-10-6-7-11-19(18)22)12-14-23(15-13-21)20(24)17-8-4-3-5-9-17;3-2(4,5)1(6)7/h3-11H,2,12-16H2,1H3;(H,6,7). The fourth-order valence-corrected chi connectivity index (χ4v) is 4.34. The molecule has 0 aromatic heterocycles. The van der Waals surface area contributed by atoms with Crippen molar-refractivity contribution < 1.29 is 27.9 Å². The van der Waals surface area contributed by atoms with Gasteiger partial charge in [-0.05, 0) is 43.5 Å². The van der Waals surface area contributed by atoms with Crippen LogP contribution in [0.25, 0.3) is 0 Å². The number of anilines is 1. The Labute approximate surface area is 179 Å².